The summed E-state index contributed by atoms with van der Waals surface area (Å²) in [6.45, 7) is 5.34. The molecule has 1 saturated carbocycles. The molecule has 0 bridgehead atoms. The van der Waals surface area contributed by atoms with Crippen LogP contribution in [0.3, 0.4) is 0 Å². The van der Waals surface area contributed by atoms with Crippen molar-refractivity contribution in [1.82, 2.24) is 4.90 Å². The molecule has 282 valence electrons. The third-order valence-electron chi connectivity index (χ3n) is 13.5. The number of nitrogens with zero attached hydrogens (tertiary/aromatic N) is 2. The Hall–Kier alpha value is -3.07. The SMILES string of the molecule is COc1ccc2c3c1O[C@H]1C[C@@H](O)CC[C@@]31CCN(CCCCCCCCCCCC[N+]1=Cc3ccc(OC)c4c3[C@@]3(C=C[C@H](O)C[C@@H]3O4)CC1)C2. The lowest BCUT2D eigenvalue weighted by Gasteiger charge is -2.40. The topological polar surface area (TPSA) is 83.6 Å². The van der Waals surface area contributed by atoms with Crippen LogP contribution in [0.2, 0.25) is 0 Å². The molecule has 2 aromatic carbocycles. The standard InChI is InChI=1S/C44H61N2O6/c1-49-35-15-13-31-29-45(25-21-43-19-17-33(47)27-37(43)51-41(35)39(31)43)23-11-9-7-5-3-4-6-8-10-12-24-46-26-22-44-20-18-34(48)28-38(44)52-42-36(50-2)16-14-32(30-46)40(42)44/h13-17,19,29,33-34,37-38,47-48H,3-12,18,20-28,30H2,1-2H3/q+1/t33-,34-,37-,38-,43-,44-/m0/s1. The van der Waals surface area contributed by atoms with Gasteiger partial charge in [-0.2, -0.15) is 0 Å². The zero-order valence-corrected chi connectivity index (χ0v) is 31.6. The van der Waals surface area contributed by atoms with Gasteiger partial charge in [-0.3, -0.25) is 4.90 Å². The van der Waals surface area contributed by atoms with E-state index < -0.39 is 6.10 Å². The van der Waals surface area contributed by atoms with E-state index in [1.807, 2.05) is 12.1 Å². The molecule has 6 atom stereocenters. The Kier molecular flexibility index (Phi) is 10.6. The van der Waals surface area contributed by atoms with Gasteiger partial charge in [0.05, 0.1) is 31.8 Å². The minimum absolute atomic E-state index is 0.0259. The number of hydrogen-bond acceptors (Lipinski definition) is 7. The summed E-state index contributed by atoms with van der Waals surface area (Å²) in [4.78, 5) is 2.67. The molecule has 2 N–H and O–H groups in total. The number of methoxy groups -OCH3 is 2. The largest absolute Gasteiger partial charge is 0.493 e. The molecule has 1 fully saturated rings. The van der Waals surface area contributed by atoms with E-state index in [0.29, 0.717) is 6.42 Å². The average Bonchev–Trinajstić information content (AvgIpc) is 3.54. The zero-order valence-electron chi connectivity index (χ0n) is 31.6. The van der Waals surface area contributed by atoms with Crippen LogP contribution in [-0.4, -0.2) is 90.7 Å². The van der Waals surface area contributed by atoms with Crippen molar-refractivity contribution in [1.29, 1.82) is 0 Å². The lowest BCUT2D eigenvalue weighted by molar-refractivity contribution is -0.524. The van der Waals surface area contributed by atoms with Crippen LogP contribution in [0.5, 0.6) is 23.0 Å². The molecule has 8 heteroatoms. The van der Waals surface area contributed by atoms with E-state index in [2.05, 4.69) is 40.0 Å². The Morgan fingerprint density at radius 1 is 0.788 bits per heavy atom. The van der Waals surface area contributed by atoms with Crippen LogP contribution < -0.4 is 18.9 Å². The number of aliphatic hydroxyl groups excluding tert-OH is 2. The van der Waals surface area contributed by atoms with E-state index in [4.69, 9.17) is 18.9 Å². The highest BCUT2D eigenvalue weighted by atomic mass is 16.5. The van der Waals surface area contributed by atoms with Crippen LogP contribution in [0.15, 0.2) is 36.4 Å². The van der Waals surface area contributed by atoms with Crippen molar-refractivity contribution in [3.05, 3.63) is 58.7 Å². The van der Waals surface area contributed by atoms with Crippen LogP contribution in [-0.2, 0) is 17.4 Å². The van der Waals surface area contributed by atoms with Crippen LogP contribution in [0, 0.1) is 0 Å². The number of aliphatic hydroxyl groups is 2. The molecule has 0 saturated heterocycles. The van der Waals surface area contributed by atoms with E-state index in [1.54, 1.807) is 14.2 Å². The number of rotatable bonds is 15. The summed E-state index contributed by atoms with van der Waals surface area (Å²) in [6, 6.07) is 8.57. The Morgan fingerprint density at radius 2 is 1.48 bits per heavy atom. The molecular formula is C44H61N2O6+. The second kappa shape index (κ2) is 15.3. The fourth-order valence-electron chi connectivity index (χ4n) is 10.7. The number of benzene rings is 2. The maximum atomic E-state index is 10.5. The second-order valence-corrected chi connectivity index (χ2v) is 16.7. The van der Waals surface area contributed by atoms with Crippen LogP contribution in [0.4, 0.5) is 0 Å². The average molecular weight is 714 g/mol. The molecule has 4 aliphatic heterocycles. The van der Waals surface area contributed by atoms with Crippen molar-refractivity contribution >= 4 is 6.21 Å². The Morgan fingerprint density at radius 3 is 2.25 bits per heavy atom. The molecule has 4 heterocycles. The smallest absolute Gasteiger partial charge is 0.171 e. The first-order chi connectivity index (χ1) is 25.4. The van der Waals surface area contributed by atoms with Gasteiger partial charge in [-0.1, -0.05) is 63.2 Å². The van der Waals surface area contributed by atoms with Crippen molar-refractivity contribution in [2.45, 2.75) is 145 Å². The van der Waals surface area contributed by atoms with Gasteiger partial charge in [-0.15, -0.1) is 0 Å². The molecule has 0 radical (unpaired) electrons. The quantitative estimate of drug-likeness (QED) is 0.115. The van der Waals surface area contributed by atoms with Crippen molar-refractivity contribution < 1.29 is 33.7 Å². The number of hydrogen-bond donors (Lipinski definition) is 2. The van der Waals surface area contributed by atoms with Gasteiger partial charge in [0.1, 0.15) is 25.3 Å². The molecule has 0 unspecified atom stereocenters. The molecule has 2 aromatic rings. The summed E-state index contributed by atoms with van der Waals surface area (Å²) in [5, 5.41) is 20.8. The lowest BCUT2D eigenvalue weighted by Crippen LogP contribution is -2.46. The molecule has 2 aliphatic carbocycles. The summed E-state index contributed by atoms with van der Waals surface area (Å²) >= 11 is 0. The van der Waals surface area contributed by atoms with Gasteiger partial charge < -0.3 is 29.2 Å². The van der Waals surface area contributed by atoms with Gasteiger partial charge in [-0.05, 0) is 69.0 Å². The van der Waals surface area contributed by atoms with E-state index in [0.717, 1.165) is 87.8 Å². The van der Waals surface area contributed by atoms with E-state index >= 15 is 0 Å². The van der Waals surface area contributed by atoms with Gasteiger partial charge in [0.2, 0.25) is 0 Å². The van der Waals surface area contributed by atoms with Crippen molar-refractivity contribution in [3.63, 3.8) is 0 Å². The van der Waals surface area contributed by atoms with E-state index in [9.17, 15) is 10.2 Å². The monoisotopic (exact) mass is 713 g/mol. The van der Waals surface area contributed by atoms with Crippen molar-refractivity contribution in [3.8, 4) is 23.0 Å². The van der Waals surface area contributed by atoms with E-state index in [1.165, 1.54) is 86.5 Å². The van der Waals surface area contributed by atoms with Crippen molar-refractivity contribution in [2.75, 3.05) is 40.4 Å². The van der Waals surface area contributed by atoms with Gasteiger partial charge in [0, 0.05) is 54.3 Å². The normalized spacial score (nSPS) is 29.8. The first-order valence-electron chi connectivity index (χ1n) is 20.6. The predicted molar refractivity (Wildman–Crippen MR) is 204 cm³/mol. The van der Waals surface area contributed by atoms with Crippen LogP contribution >= 0.6 is 0 Å². The maximum Gasteiger partial charge on any atom is 0.171 e. The highest BCUT2D eigenvalue weighted by molar-refractivity contribution is 5.83. The first kappa shape index (κ1) is 35.9. The van der Waals surface area contributed by atoms with Gasteiger partial charge in [0.25, 0.3) is 0 Å². The third-order valence-corrected chi connectivity index (χ3v) is 13.5. The predicted octanol–water partition coefficient (Wildman–Crippen LogP) is 7.21. The molecule has 6 aliphatic rings. The molecule has 0 amide bonds. The lowest BCUT2D eigenvalue weighted by atomic mass is 9.65. The van der Waals surface area contributed by atoms with Gasteiger partial charge >= 0.3 is 0 Å². The fraction of sp³-hybridized carbons (Fsp3) is 0.659. The van der Waals surface area contributed by atoms with Crippen molar-refractivity contribution in [2.24, 2.45) is 0 Å². The summed E-state index contributed by atoms with van der Waals surface area (Å²) in [5.74, 6) is 3.46. The Labute approximate surface area is 310 Å². The summed E-state index contributed by atoms with van der Waals surface area (Å²) in [7, 11) is 3.45. The minimum Gasteiger partial charge on any atom is -0.493 e. The summed E-state index contributed by atoms with van der Waals surface area (Å²) in [6.07, 6.45) is 24.3. The van der Waals surface area contributed by atoms with Gasteiger partial charge in [0.15, 0.2) is 29.2 Å². The van der Waals surface area contributed by atoms with E-state index in [-0.39, 0.29) is 29.1 Å². The molecule has 8 nitrogen and oxygen atoms in total. The number of ether oxygens (including phenoxy) is 4. The first-order valence-corrected chi connectivity index (χ1v) is 20.6. The van der Waals surface area contributed by atoms with Gasteiger partial charge in [-0.25, -0.2) is 4.58 Å². The summed E-state index contributed by atoms with van der Waals surface area (Å²) < 4.78 is 26.9. The molecule has 52 heavy (non-hydrogen) atoms. The minimum atomic E-state index is -0.447. The molecule has 8 rings (SSSR count). The molecule has 0 aromatic heterocycles. The molecule has 2 spiro atoms. The maximum absolute atomic E-state index is 10.5. The fourth-order valence-corrected chi connectivity index (χ4v) is 10.7. The number of unbranched alkanes of at least 4 members (excludes halogenated alkanes) is 9. The zero-order chi connectivity index (χ0) is 35.7. The molecular weight excluding hydrogens is 652 g/mol. The Balaban J connectivity index is 0.728. The third kappa shape index (κ3) is 6.66. The van der Waals surface area contributed by atoms with Crippen LogP contribution in [0.25, 0.3) is 0 Å². The highest BCUT2D eigenvalue weighted by Gasteiger charge is 2.55. The van der Waals surface area contributed by atoms with Crippen LogP contribution in [0.1, 0.15) is 125 Å². The Bertz CT molecular complexity index is 1660. The highest BCUT2D eigenvalue weighted by Crippen LogP contribution is 2.58. The second-order valence-electron chi connectivity index (χ2n) is 16.7. The summed E-state index contributed by atoms with van der Waals surface area (Å²) in [5.41, 5.74) is 5.12.